The van der Waals surface area contributed by atoms with E-state index in [1.54, 1.807) is 17.0 Å². The van der Waals surface area contributed by atoms with Gasteiger partial charge in [-0.3, -0.25) is 14.6 Å². The smallest absolute Gasteiger partial charge is 0.253 e. The summed E-state index contributed by atoms with van der Waals surface area (Å²) >= 11 is 14.8. The lowest BCUT2D eigenvalue weighted by Gasteiger charge is -2.36. The highest BCUT2D eigenvalue weighted by atomic mass is 35.5. The van der Waals surface area contributed by atoms with Gasteiger partial charge in [-0.2, -0.15) is 4.31 Å². The maximum absolute atomic E-state index is 14.1. The number of nitrogens with zero attached hydrogens (tertiary/aromatic N) is 4. The van der Waals surface area contributed by atoms with Crippen LogP contribution in [0.5, 0.6) is 0 Å². The Morgan fingerprint density at radius 1 is 1.11 bits per heavy atom. The van der Waals surface area contributed by atoms with E-state index in [1.165, 1.54) is 21.7 Å². The van der Waals surface area contributed by atoms with Gasteiger partial charge >= 0.3 is 0 Å². The predicted octanol–water partition coefficient (Wildman–Crippen LogP) is 4.96. The number of thiazole rings is 1. The van der Waals surface area contributed by atoms with E-state index >= 15 is 0 Å². The van der Waals surface area contributed by atoms with Crippen LogP contribution in [-0.2, 0) is 19.6 Å². The fourth-order valence-electron chi connectivity index (χ4n) is 4.77. The fraction of sp³-hybridized carbons (Fsp3) is 0.500. The third kappa shape index (κ3) is 5.99. The van der Waals surface area contributed by atoms with E-state index in [4.69, 9.17) is 32.9 Å². The molecule has 8 nitrogen and oxygen atoms in total. The quantitative estimate of drug-likeness (QED) is 0.362. The van der Waals surface area contributed by atoms with E-state index in [2.05, 4.69) is 4.90 Å². The molecule has 2 aliphatic rings. The number of rotatable bonds is 8. The molecule has 2 aromatic heterocycles. The van der Waals surface area contributed by atoms with Crippen molar-refractivity contribution in [3.8, 4) is 0 Å². The number of anilines is 1. The molecule has 1 amide bonds. The molecule has 0 bridgehead atoms. The first kappa shape index (κ1) is 27.3. The maximum atomic E-state index is 14.1. The second kappa shape index (κ2) is 11.8. The molecule has 0 spiro atoms. The average Bonchev–Trinajstić information content (AvgIpc) is 3.54. The Morgan fingerprint density at radius 2 is 1.92 bits per heavy atom. The van der Waals surface area contributed by atoms with Crippen molar-refractivity contribution in [3.05, 3.63) is 39.7 Å². The van der Waals surface area contributed by atoms with Crippen molar-refractivity contribution in [1.82, 2.24) is 14.2 Å². The highest BCUT2D eigenvalue weighted by molar-refractivity contribution is 7.91. The summed E-state index contributed by atoms with van der Waals surface area (Å²) in [4.78, 5) is 22.8. The molecule has 3 aromatic rings. The zero-order valence-electron chi connectivity index (χ0n) is 20.1. The average molecular weight is 604 g/mol. The number of morpholine rings is 1. The SMILES string of the molecule is O=C(C1CCCCN1S(=O)(=O)c1ccc(Cl)s1)N(CCCN1CCOCC1)c1nc2c(Cl)cccc2s1. The standard InChI is InChI=1S/C24H28Cl2N4O4S3/c25-17-5-3-7-19-22(17)27-24(35-19)29(11-4-10-28-13-15-34-16-14-28)23(31)18-6-1-2-12-30(18)37(32,33)21-9-8-20(26)36-21/h3,5,7-9,18H,1-2,4,6,10-16H2. The zero-order valence-corrected chi connectivity index (χ0v) is 24.1. The summed E-state index contributed by atoms with van der Waals surface area (Å²) < 4.78 is 35.3. The second-order valence-corrected chi connectivity index (χ2v) is 14.3. The third-order valence-electron chi connectivity index (χ3n) is 6.67. The number of carbonyl (C=O) groups is 1. The Hall–Kier alpha value is -1.31. The number of sulfonamides is 1. The summed E-state index contributed by atoms with van der Waals surface area (Å²) in [5, 5.41) is 1.06. The molecule has 4 heterocycles. The van der Waals surface area contributed by atoms with Crippen molar-refractivity contribution >= 4 is 77.2 Å². The van der Waals surface area contributed by atoms with Crippen LogP contribution in [-0.4, -0.2) is 80.5 Å². The summed E-state index contributed by atoms with van der Waals surface area (Å²) in [5.41, 5.74) is 0.650. The summed E-state index contributed by atoms with van der Waals surface area (Å²) in [7, 11) is -3.86. The molecular formula is C24H28Cl2N4O4S3. The number of hydrogen-bond acceptors (Lipinski definition) is 8. The van der Waals surface area contributed by atoms with Gasteiger partial charge in [-0.25, -0.2) is 13.4 Å². The maximum Gasteiger partial charge on any atom is 0.253 e. The van der Waals surface area contributed by atoms with Crippen molar-refractivity contribution in [2.75, 3.05) is 50.8 Å². The number of hydrogen-bond donors (Lipinski definition) is 0. The molecule has 2 saturated heterocycles. The van der Waals surface area contributed by atoms with Gasteiger partial charge in [0.15, 0.2) is 5.13 Å². The number of para-hydroxylation sites is 1. The number of amides is 1. The van der Waals surface area contributed by atoms with Gasteiger partial charge < -0.3 is 4.74 Å². The molecule has 0 saturated carbocycles. The Balaban J connectivity index is 1.44. The molecule has 1 aromatic carbocycles. The van der Waals surface area contributed by atoms with Crippen LogP contribution in [0.25, 0.3) is 10.2 Å². The number of thiophene rings is 1. The molecule has 0 aliphatic carbocycles. The van der Waals surface area contributed by atoms with Crippen LogP contribution in [0.15, 0.2) is 34.5 Å². The van der Waals surface area contributed by atoms with Gasteiger partial charge in [0, 0.05) is 32.7 Å². The number of halogens is 2. The number of aromatic nitrogens is 1. The first-order chi connectivity index (χ1) is 17.8. The van der Waals surface area contributed by atoms with Gasteiger partial charge in [0.05, 0.1) is 27.3 Å². The van der Waals surface area contributed by atoms with Gasteiger partial charge in [0.25, 0.3) is 10.0 Å². The van der Waals surface area contributed by atoms with E-state index in [-0.39, 0.29) is 10.1 Å². The van der Waals surface area contributed by atoms with Crippen molar-refractivity contribution in [2.24, 2.45) is 0 Å². The monoisotopic (exact) mass is 602 g/mol. The van der Waals surface area contributed by atoms with Crippen LogP contribution in [0.2, 0.25) is 9.36 Å². The van der Waals surface area contributed by atoms with Gasteiger partial charge in [-0.15, -0.1) is 11.3 Å². The molecule has 37 heavy (non-hydrogen) atoms. The number of benzene rings is 1. The highest BCUT2D eigenvalue weighted by Crippen LogP contribution is 2.36. The molecule has 13 heteroatoms. The van der Waals surface area contributed by atoms with Gasteiger partial charge in [-0.1, -0.05) is 47.0 Å². The Labute approximate surface area is 234 Å². The minimum Gasteiger partial charge on any atom is -0.379 e. The first-order valence-corrected chi connectivity index (χ1v) is 16.1. The van der Waals surface area contributed by atoms with Crippen LogP contribution >= 0.6 is 45.9 Å². The largest absolute Gasteiger partial charge is 0.379 e. The number of fused-ring (bicyclic) bond motifs is 1. The Bertz CT molecular complexity index is 1360. The van der Waals surface area contributed by atoms with Crippen LogP contribution < -0.4 is 4.90 Å². The normalized spacial score (nSPS) is 19.9. The van der Waals surface area contributed by atoms with E-state index in [9.17, 15) is 13.2 Å². The second-order valence-electron chi connectivity index (χ2n) is 9.07. The van der Waals surface area contributed by atoms with Crippen LogP contribution in [0.3, 0.4) is 0 Å². The summed E-state index contributed by atoms with van der Waals surface area (Å²) in [6.45, 7) is 4.69. The molecule has 200 valence electrons. The lowest BCUT2D eigenvalue weighted by atomic mass is 10.0. The lowest BCUT2D eigenvalue weighted by Crippen LogP contribution is -2.53. The highest BCUT2D eigenvalue weighted by Gasteiger charge is 2.41. The Morgan fingerprint density at radius 3 is 2.65 bits per heavy atom. The number of carbonyl (C=O) groups excluding carboxylic acids is 1. The lowest BCUT2D eigenvalue weighted by molar-refractivity contribution is -0.123. The summed E-state index contributed by atoms with van der Waals surface area (Å²) in [6.07, 6.45) is 2.68. The molecule has 1 unspecified atom stereocenters. The van der Waals surface area contributed by atoms with E-state index in [0.717, 1.165) is 48.5 Å². The van der Waals surface area contributed by atoms with Gasteiger partial charge in [0.2, 0.25) is 5.91 Å². The molecule has 0 N–H and O–H groups in total. The third-order valence-corrected chi connectivity index (χ3v) is 11.6. The van der Waals surface area contributed by atoms with Gasteiger partial charge in [-0.05, 0) is 43.5 Å². The van der Waals surface area contributed by atoms with E-state index in [1.807, 2.05) is 12.1 Å². The van der Waals surface area contributed by atoms with E-state index in [0.29, 0.717) is 59.2 Å². The molecule has 0 radical (unpaired) electrons. The molecule has 2 aliphatic heterocycles. The summed E-state index contributed by atoms with van der Waals surface area (Å²) in [6, 6.07) is 7.84. The minimum atomic E-state index is -3.86. The minimum absolute atomic E-state index is 0.155. The van der Waals surface area contributed by atoms with Gasteiger partial charge in [0.1, 0.15) is 15.8 Å². The fourth-order valence-corrected chi connectivity index (χ4v) is 9.33. The molecule has 1 atom stereocenters. The number of ether oxygens (including phenoxy) is 1. The molecular weight excluding hydrogens is 575 g/mol. The van der Waals surface area contributed by atoms with Crippen LogP contribution in [0, 0.1) is 0 Å². The van der Waals surface area contributed by atoms with Crippen molar-refractivity contribution < 1.29 is 17.9 Å². The summed E-state index contributed by atoms with van der Waals surface area (Å²) in [5.74, 6) is -0.247. The first-order valence-electron chi connectivity index (χ1n) is 12.3. The molecule has 2 fully saturated rings. The van der Waals surface area contributed by atoms with Crippen molar-refractivity contribution in [2.45, 2.75) is 35.9 Å². The van der Waals surface area contributed by atoms with Crippen LogP contribution in [0.4, 0.5) is 5.13 Å². The topological polar surface area (TPSA) is 83.1 Å². The predicted molar refractivity (Wildman–Crippen MR) is 150 cm³/mol. The zero-order chi connectivity index (χ0) is 26.0. The molecule has 5 rings (SSSR count). The van der Waals surface area contributed by atoms with Crippen LogP contribution in [0.1, 0.15) is 25.7 Å². The number of piperidine rings is 1. The Kier molecular flexibility index (Phi) is 8.72. The van der Waals surface area contributed by atoms with E-state index < -0.39 is 16.1 Å². The van der Waals surface area contributed by atoms with Crippen molar-refractivity contribution in [3.63, 3.8) is 0 Å². The van der Waals surface area contributed by atoms with Crippen molar-refractivity contribution in [1.29, 1.82) is 0 Å².